The highest BCUT2D eigenvalue weighted by atomic mass is 35.5. The monoisotopic (exact) mass is 419 g/mol. The maximum absolute atomic E-state index is 6.26. The van der Waals surface area contributed by atoms with Crippen LogP contribution in [0.3, 0.4) is 0 Å². The van der Waals surface area contributed by atoms with E-state index in [0.717, 1.165) is 16.8 Å². The Morgan fingerprint density at radius 1 is 1.00 bits per heavy atom. The van der Waals surface area contributed by atoms with Crippen LogP contribution in [0.15, 0.2) is 65.3 Å². The fourth-order valence-electron chi connectivity index (χ4n) is 3.22. The first-order chi connectivity index (χ1) is 14.5. The van der Waals surface area contributed by atoms with Crippen molar-refractivity contribution in [2.24, 2.45) is 0 Å². The fraction of sp³-hybridized carbons (Fsp3) is 0.174. The lowest BCUT2D eigenvalue weighted by molar-refractivity contribution is 0.372. The largest absolute Gasteiger partial charge is 0.373 e. The maximum atomic E-state index is 6.26. The molecule has 4 rings (SSSR count). The molecule has 0 aliphatic carbocycles. The highest BCUT2D eigenvalue weighted by molar-refractivity contribution is 6.30. The van der Waals surface area contributed by atoms with Crippen LogP contribution in [0.2, 0.25) is 5.02 Å². The van der Waals surface area contributed by atoms with Crippen LogP contribution in [0.5, 0.6) is 0 Å². The molecule has 0 saturated heterocycles. The Labute approximate surface area is 180 Å². The molecule has 4 aromatic rings. The van der Waals surface area contributed by atoms with Crippen molar-refractivity contribution in [2.75, 3.05) is 17.7 Å². The summed E-state index contributed by atoms with van der Waals surface area (Å²) in [5.74, 6) is 1.60. The van der Waals surface area contributed by atoms with E-state index in [2.05, 4.69) is 51.7 Å². The van der Waals surface area contributed by atoms with Gasteiger partial charge in [-0.25, -0.2) is 4.98 Å². The maximum Gasteiger partial charge on any atom is 0.254 e. The van der Waals surface area contributed by atoms with Gasteiger partial charge in [0.15, 0.2) is 0 Å². The number of anilines is 2. The van der Waals surface area contributed by atoms with Gasteiger partial charge >= 0.3 is 0 Å². The van der Waals surface area contributed by atoms with Crippen LogP contribution < -0.4 is 10.6 Å². The predicted molar refractivity (Wildman–Crippen MR) is 120 cm³/mol. The molecule has 0 radical (unpaired) electrons. The fourth-order valence-corrected chi connectivity index (χ4v) is 3.42. The minimum atomic E-state index is -0.359. The molecule has 30 heavy (non-hydrogen) atoms. The minimum Gasteiger partial charge on any atom is -0.373 e. The van der Waals surface area contributed by atoms with E-state index in [-0.39, 0.29) is 6.04 Å². The summed E-state index contributed by atoms with van der Waals surface area (Å²) in [6.45, 7) is 4.17. The summed E-state index contributed by atoms with van der Waals surface area (Å²) < 4.78 is 5.68. The Hall–Kier alpha value is -3.38. The number of hydrogen-bond acceptors (Lipinski definition) is 6. The molecular formula is C23H22ClN5O. The lowest BCUT2D eigenvalue weighted by Gasteiger charge is -2.18. The van der Waals surface area contributed by atoms with Gasteiger partial charge in [-0.2, -0.15) is 4.98 Å². The molecular weight excluding hydrogens is 398 g/mol. The van der Waals surface area contributed by atoms with Gasteiger partial charge < -0.3 is 15.2 Å². The summed E-state index contributed by atoms with van der Waals surface area (Å²) in [4.78, 5) is 8.99. The van der Waals surface area contributed by atoms with Crippen molar-refractivity contribution in [2.45, 2.75) is 19.9 Å². The first-order valence-corrected chi connectivity index (χ1v) is 9.99. The molecule has 0 amide bonds. The summed E-state index contributed by atoms with van der Waals surface area (Å²) >= 11 is 6.26. The number of hydrogen-bond donors (Lipinski definition) is 2. The molecule has 0 spiro atoms. The average molecular weight is 420 g/mol. The first kappa shape index (κ1) is 19.9. The number of nitrogens with zero attached hydrogens (tertiary/aromatic N) is 3. The lowest BCUT2D eigenvalue weighted by Crippen LogP contribution is -2.13. The van der Waals surface area contributed by atoms with Crippen molar-refractivity contribution >= 4 is 23.1 Å². The molecule has 0 saturated carbocycles. The van der Waals surface area contributed by atoms with Gasteiger partial charge in [0.25, 0.3) is 5.89 Å². The van der Waals surface area contributed by atoms with E-state index < -0.39 is 0 Å². The molecule has 152 valence electrons. The van der Waals surface area contributed by atoms with Crippen LogP contribution in [0.1, 0.15) is 28.6 Å². The number of rotatable bonds is 6. The van der Waals surface area contributed by atoms with Gasteiger partial charge in [-0.15, -0.1) is 0 Å². The second-order valence-electron chi connectivity index (χ2n) is 7.04. The Morgan fingerprint density at radius 2 is 1.87 bits per heavy atom. The Balaban J connectivity index is 1.74. The van der Waals surface area contributed by atoms with Gasteiger partial charge in [-0.1, -0.05) is 35.0 Å². The van der Waals surface area contributed by atoms with Crippen molar-refractivity contribution in [3.8, 4) is 11.4 Å². The Morgan fingerprint density at radius 3 is 2.63 bits per heavy atom. The van der Waals surface area contributed by atoms with E-state index in [1.807, 2.05) is 49.5 Å². The van der Waals surface area contributed by atoms with Gasteiger partial charge in [-0.05, 0) is 66.9 Å². The van der Waals surface area contributed by atoms with Gasteiger partial charge in [0.2, 0.25) is 5.82 Å². The van der Waals surface area contributed by atoms with Gasteiger partial charge in [-0.3, -0.25) is 0 Å². The lowest BCUT2D eigenvalue weighted by atomic mass is 10.0. The van der Waals surface area contributed by atoms with Crippen molar-refractivity contribution in [1.29, 1.82) is 0 Å². The molecule has 2 aromatic carbocycles. The van der Waals surface area contributed by atoms with Crippen LogP contribution in [-0.2, 0) is 0 Å². The predicted octanol–water partition coefficient (Wildman–Crippen LogP) is 5.65. The van der Waals surface area contributed by atoms with Crippen molar-refractivity contribution < 1.29 is 4.52 Å². The number of pyridine rings is 1. The SMILES string of the molecule is CNc1ncccc1-c1noc(C(Nc2ccc(C)c(C)c2)c2cccc(Cl)c2)n1. The topological polar surface area (TPSA) is 75.9 Å². The zero-order valence-electron chi connectivity index (χ0n) is 17.0. The molecule has 7 heteroatoms. The molecule has 1 unspecified atom stereocenters. The first-order valence-electron chi connectivity index (χ1n) is 9.61. The summed E-state index contributed by atoms with van der Waals surface area (Å²) in [6, 6.07) is 17.2. The quantitative estimate of drug-likeness (QED) is 0.421. The zero-order chi connectivity index (χ0) is 21.1. The summed E-state index contributed by atoms with van der Waals surface area (Å²) in [7, 11) is 1.81. The number of aryl methyl sites for hydroxylation is 2. The van der Waals surface area contributed by atoms with Crippen molar-refractivity contribution in [1.82, 2.24) is 15.1 Å². The van der Waals surface area contributed by atoms with Crippen LogP contribution in [0.25, 0.3) is 11.4 Å². The van der Waals surface area contributed by atoms with Gasteiger partial charge in [0.1, 0.15) is 11.9 Å². The van der Waals surface area contributed by atoms with E-state index in [0.29, 0.717) is 22.6 Å². The zero-order valence-corrected chi connectivity index (χ0v) is 17.7. The number of halogens is 1. The summed E-state index contributed by atoms with van der Waals surface area (Å²) in [5, 5.41) is 11.4. The molecule has 2 heterocycles. The third-order valence-electron chi connectivity index (χ3n) is 4.97. The smallest absolute Gasteiger partial charge is 0.254 e. The highest BCUT2D eigenvalue weighted by Crippen LogP contribution is 2.31. The van der Waals surface area contributed by atoms with Crippen LogP contribution in [0, 0.1) is 13.8 Å². The van der Waals surface area contributed by atoms with Crippen LogP contribution in [0.4, 0.5) is 11.5 Å². The van der Waals surface area contributed by atoms with E-state index >= 15 is 0 Å². The van der Waals surface area contributed by atoms with Crippen molar-refractivity contribution in [3.05, 3.63) is 88.4 Å². The Bertz CT molecular complexity index is 1170. The van der Waals surface area contributed by atoms with E-state index in [4.69, 9.17) is 16.1 Å². The van der Waals surface area contributed by atoms with Crippen LogP contribution >= 0.6 is 11.6 Å². The molecule has 2 aromatic heterocycles. The normalized spacial score (nSPS) is 11.9. The summed E-state index contributed by atoms with van der Waals surface area (Å²) in [5.41, 5.74) is 5.09. The third-order valence-corrected chi connectivity index (χ3v) is 5.21. The molecule has 0 aliphatic rings. The second-order valence-corrected chi connectivity index (χ2v) is 7.47. The molecule has 0 bridgehead atoms. The summed E-state index contributed by atoms with van der Waals surface area (Å²) in [6.07, 6.45) is 1.71. The van der Waals surface area contributed by atoms with Gasteiger partial charge in [0, 0.05) is 24.0 Å². The number of nitrogens with one attached hydrogen (secondary N) is 2. The molecule has 2 N–H and O–H groups in total. The van der Waals surface area contributed by atoms with Crippen molar-refractivity contribution in [3.63, 3.8) is 0 Å². The van der Waals surface area contributed by atoms with E-state index in [1.54, 1.807) is 6.20 Å². The Kier molecular flexibility index (Phi) is 5.68. The third kappa shape index (κ3) is 4.14. The standard InChI is InChI=1S/C23H22ClN5O/c1-14-9-10-18(12-15(14)2)27-20(16-6-4-7-17(24)13-16)23-28-22(29-30-23)19-8-5-11-26-21(19)25-3/h4-13,20,27H,1-3H3,(H,25,26). The molecule has 6 nitrogen and oxygen atoms in total. The van der Waals surface area contributed by atoms with E-state index in [9.17, 15) is 0 Å². The second kappa shape index (κ2) is 8.55. The molecule has 0 aliphatic heterocycles. The molecule has 1 atom stereocenters. The number of benzene rings is 2. The van der Waals surface area contributed by atoms with E-state index in [1.165, 1.54) is 11.1 Å². The van der Waals surface area contributed by atoms with Gasteiger partial charge in [0.05, 0.1) is 5.56 Å². The highest BCUT2D eigenvalue weighted by Gasteiger charge is 2.23. The average Bonchev–Trinajstić information content (AvgIpc) is 3.24. The minimum absolute atomic E-state index is 0.359. The molecule has 0 fully saturated rings. The van der Waals surface area contributed by atoms with Crippen LogP contribution in [-0.4, -0.2) is 22.2 Å². The number of aromatic nitrogens is 3.